The number of nitrogens with one attached hydrogen (secondary N) is 1. The van der Waals surface area contributed by atoms with Crippen LogP contribution in [-0.4, -0.2) is 8.42 Å². The topological polar surface area (TPSA) is 72.2 Å². The van der Waals surface area contributed by atoms with E-state index in [0.717, 1.165) is 0 Å². The lowest BCUT2D eigenvalue weighted by Gasteiger charge is -2.09. The number of hydrogen-bond acceptors (Lipinski definition) is 3. The van der Waals surface area contributed by atoms with Crippen molar-refractivity contribution >= 4 is 38.9 Å². The summed E-state index contributed by atoms with van der Waals surface area (Å²) in [7, 11) is -3.72. The van der Waals surface area contributed by atoms with Crippen LogP contribution in [-0.2, 0) is 16.6 Å². The minimum absolute atomic E-state index is 0.0135. The van der Waals surface area contributed by atoms with E-state index in [2.05, 4.69) is 4.72 Å². The molecule has 0 saturated carbocycles. The smallest absolute Gasteiger partial charge is 0.242 e. The van der Waals surface area contributed by atoms with Gasteiger partial charge < -0.3 is 5.73 Å². The Morgan fingerprint density at radius 3 is 2.40 bits per heavy atom. The number of halogens is 2. The lowest BCUT2D eigenvalue weighted by Crippen LogP contribution is -2.23. The summed E-state index contributed by atoms with van der Waals surface area (Å²) in [5.74, 6) is 0. The van der Waals surface area contributed by atoms with E-state index in [1.165, 1.54) is 18.2 Å². The second-order valence-corrected chi connectivity index (χ2v) is 6.66. The quantitative estimate of drug-likeness (QED) is 0.846. The van der Waals surface area contributed by atoms with Crippen molar-refractivity contribution in [2.24, 2.45) is 0 Å². The number of benzene rings is 2. The van der Waals surface area contributed by atoms with Crippen LogP contribution >= 0.6 is 23.2 Å². The molecule has 0 aliphatic rings. The van der Waals surface area contributed by atoms with E-state index in [9.17, 15) is 8.42 Å². The first-order valence-electron chi connectivity index (χ1n) is 5.68. The number of nitrogen functional groups attached to an aromatic ring is 1. The van der Waals surface area contributed by atoms with E-state index in [-0.39, 0.29) is 16.5 Å². The summed E-state index contributed by atoms with van der Waals surface area (Å²) in [6.07, 6.45) is 0. The van der Waals surface area contributed by atoms with E-state index in [1.54, 1.807) is 24.3 Å². The van der Waals surface area contributed by atoms with Crippen LogP contribution in [0.25, 0.3) is 0 Å². The normalized spacial score (nSPS) is 11.5. The van der Waals surface area contributed by atoms with Gasteiger partial charge in [-0.1, -0.05) is 41.4 Å². The van der Waals surface area contributed by atoms with Gasteiger partial charge in [0.25, 0.3) is 0 Å². The average Bonchev–Trinajstić information content (AvgIpc) is 2.37. The van der Waals surface area contributed by atoms with E-state index in [0.29, 0.717) is 16.3 Å². The Hall–Kier alpha value is -1.27. The highest BCUT2D eigenvalue weighted by molar-refractivity contribution is 7.89. The zero-order chi connectivity index (χ0) is 14.8. The molecule has 0 radical (unpaired) electrons. The van der Waals surface area contributed by atoms with Gasteiger partial charge in [-0.05, 0) is 29.8 Å². The minimum Gasteiger partial charge on any atom is -0.399 e. The van der Waals surface area contributed by atoms with Gasteiger partial charge in [0, 0.05) is 17.3 Å². The van der Waals surface area contributed by atoms with Crippen LogP contribution < -0.4 is 10.5 Å². The van der Waals surface area contributed by atoms with Crippen molar-refractivity contribution in [2.45, 2.75) is 11.4 Å². The molecule has 0 fully saturated rings. The average molecular weight is 331 g/mol. The van der Waals surface area contributed by atoms with E-state index >= 15 is 0 Å². The monoisotopic (exact) mass is 330 g/mol. The third-order valence-electron chi connectivity index (χ3n) is 2.66. The maximum Gasteiger partial charge on any atom is 0.242 e. The molecule has 0 atom stereocenters. The predicted molar refractivity (Wildman–Crippen MR) is 81.3 cm³/mol. The molecule has 20 heavy (non-hydrogen) atoms. The maximum atomic E-state index is 12.2. The summed E-state index contributed by atoms with van der Waals surface area (Å²) in [6.45, 7) is 0.0860. The fraction of sp³-hybridized carbons (Fsp3) is 0.0769. The highest BCUT2D eigenvalue weighted by Gasteiger charge is 2.18. The SMILES string of the molecule is Nc1ccc(S(=O)(=O)NCc2ccccc2Cl)c(Cl)c1. The molecule has 7 heteroatoms. The second-order valence-electron chi connectivity index (χ2n) is 4.11. The van der Waals surface area contributed by atoms with Crippen molar-refractivity contribution in [3.05, 3.63) is 58.1 Å². The molecule has 0 heterocycles. The van der Waals surface area contributed by atoms with Gasteiger partial charge in [-0.2, -0.15) is 0 Å². The Labute approximate surface area is 127 Å². The Morgan fingerprint density at radius 1 is 1.05 bits per heavy atom. The molecule has 0 aliphatic heterocycles. The molecule has 2 aromatic carbocycles. The van der Waals surface area contributed by atoms with Crippen LogP contribution in [0.1, 0.15) is 5.56 Å². The van der Waals surface area contributed by atoms with Crippen molar-refractivity contribution in [1.82, 2.24) is 4.72 Å². The van der Waals surface area contributed by atoms with E-state index in [1.807, 2.05) is 0 Å². The van der Waals surface area contributed by atoms with Crippen molar-refractivity contribution in [3.8, 4) is 0 Å². The highest BCUT2D eigenvalue weighted by atomic mass is 35.5. The molecule has 0 unspecified atom stereocenters. The molecule has 0 spiro atoms. The number of rotatable bonds is 4. The Balaban J connectivity index is 2.22. The van der Waals surface area contributed by atoms with Crippen LogP contribution in [0, 0.1) is 0 Å². The van der Waals surface area contributed by atoms with Crippen molar-refractivity contribution < 1.29 is 8.42 Å². The van der Waals surface area contributed by atoms with Crippen LogP contribution in [0.5, 0.6) is 0 Å². The fourth-order valence-corrected chi connectivity index (χ4v) is 3.39. The molecule has 2 aromatic rings. The molecule has 0 aromatic heterocycles. The zero-order valence-corrected chi connectivity index (χ0v) is 12.6. The predicted octanol–water partition coefficient (Wildman–Crippen LogP) is 3.05. The van der Waals surface area contributed by atoms with Gasteiger partial charge >= 0.3 is 0 Å². The van der Waals surface area contributed by atoms with Crippen LogP contribution in [0.3, 0.4) is 0 Å². The molecular weight excluding hydrogens is 319 g/mol. The fourth-order valence-electron chi connectivity index (χ4n) is 1.63. The van der Waals surface area contributed by atoms with Gasteiger partial charge in [0.1, 0.15) is 4.90 Å². The Kier molecular flexibility index (Phi) is 4.55. The molecular formula is C13H12Cl2N2O2S. The van der Waals surface area contributed by atoms with Gasteiger partial charge in [-0.3, -0.25) is 0 Å². The maximum absolute atomic E-state index is 12.2. The standard InChI is InChI=1S/C13H12Cl2N2O2S/c14-11-4-2-1-3-9(11)8-17-20(18,19)13-6-5-10(16)7-12(13)15/h1-7,17H,8,16H2. The van der Waals surface area contributed by atoms with Gasteiger partial charge in [0.2, 0.25) is 10.0 Å². The van der Waals surface area contributed by atoms with Gasteiger partial charge in [0.05, 0.1) is 5.02 Å². The van der Waals surface area contributed by atoms with E-state index in [4.69, 9.17) is 28.9 Å². The third-order valence-corrected chi connectivity index (χ3v) is 4.91. The van der Waals surface area contributed by atoms with Crippen LogP contribution in [0.15, 0.2) is 47.4 Å². The molecule has 2 rings (SSSR count). The van der Waals surface area contributed by atoms with Crippen molar-refractivity contribution in [3.63, 3.8) is 0 Å². The summed E-state index contributed by atoms with van der Waals surface area (Å²) in [5.41, 5.74) is 6.63. The lowest BCUT2D eigenvalue weighted by atomic mass is 10.2. The molecule has 106 valence electrons. The molecule has 3 N–H and O–H groups in total. The molecule has 0 amide bonds. The number of sulfonamides is 1. The Morgan fingerprint density at radius 2 is 1.75 bits per heavy atom. The highest BCUT2D eigenvalue weighted by Crippen LogP contribution is 2.24. The number of nitrogens with two attached hydrogens (primary N) is 1. The number of anilines is 1. The van der Waals surface area contributed by atoms with E-state index < -0.39 is 10.0 Å². The summed E-state index contributed by atoms with van der Waals surface area (Å²) in [5, 5.41) is 0.579. The van der Waals surface area contributed by atoms with Gasteiger partial charge in [-0.25, -0.2) is 13.1 Å². The van der Waals surface area contributed by atoms with Crippen LogP contribution in [0.2, 0.25) is 10.0 Å². The van der Waals surface area contributed by atoms with Crippen LogP contribution in [0.4, 0.5) is 5.69 Å². The molecule has 4 nitrogen and oxygen atoms in total. The first kappa shape index (κ1) is 15.1. The van der Waals surface area contributed by atoms with Crippen molar-refractivity contribution in [1.29, 1.82) is 0 Å². The Bertz CT molecular complexity index is 733. The third kappa shape index (κ3) is 3.43. The summed E-state index contributed by atoms with van der Waals surface area (Å²) in [6, 6.07) is 11.2. The molecule has 0 saturated heterocycles. The molecule has 0 bridgehead atoms. The summed E-state index contributed by atoms with van der Waals surface area (Å²) >= 11 is 11.9. The summed E-state index contributed by atoms with van der Waals surface area (Å²) in [4.78, 5) is -0.0135. The largest absolute Gasteiger partial charge is 0.399 e. The van der Waals surface area contributed by atoms with Crippen molar-refractivity contribution in [2.75, 3.05) is 5.73 Å². The minimum atomic E-state index is -3.72. The molecule has 0 aliphatic carbocycles. The number of hydrogen-bond donors (Lipinski definition) is 2. The second kappa shape index (κ2) is 6.01. The first-order valence-corrected chi connectivity index (χ1v) is 7.92. The summed E-state index contributed by atoms with van der Waals surface area (Å²) < 4.78 is 26.8. The first-order chi connectivity index (χ1) is 9.40. The van der Waals surface area contributed by atoms with Gasteiger partial charge in [-0.15, -0.1) is 0 Å². The van der Waals surface area contributed by atoms with Gasteiger partial charge in [0.15, 0.2) is 0 Å². The lowest BCUT2D eigenvalue weighted by molar-refractivity contribution is 0.581. The zero-order valence-electron chi connectivity index (χ0n) is 10.3.